The summed E-state index contributed by atoms with van der Waals surface area (Å²) < 4.78 is 5.78. The minimum atomic E-state index is 0.0124. The normalized spacial score (nSPS) is 22.5. The summed E-state index contributed by atoms with van der Waals surface area (Å²) in [7, 11) is 0. The van der Waals surface area contributed by atoms with Gasteiger partial charge in [0.1, 0.15) is 11.3 Å². The van der Waals surface area contributed by atoms with Crippen molar-refractivity contribution in [1.29, 1.82) is 0 Å². The number of benzene rings is 1. The molecule has 0 unspecified atom stereocenters. The number of carbonyl (C=O) groups is 2. The van der Waals surface area contributed by atoms with Crippen LogP contribution in [0.5, 0.6) is 0 Å². The van der Waals surface area contributed by atoms with Gasteiger partial charge in [0.15, 0.2) is 0 Å². The third-order valence-electron chi connectivity index (χ3n) is 5.88. The van der Waals surface area contributed by atoms with Gasteiger partial charge in [0, 0.05) is 43.9 Å². The Balaban J connectivity index is 1.31. The zero-order valence-electron chi connectivity index (χ0n) is 16.4. The third kappa shape index (κ3) is 4.73. The number of furan rings is 1. The second-order valence-corrected chi connectivity index (χ2v) is 8.19. The van der Waals surface area contributed by atoms with Crippen LogP contribution in [0.2, 0.25) is 0 Å². The maximum absolute atomic E-state index is 12.6. The third-order valence-corrected chi connectivity index (χ3v) is 5.88. The summed E-state index contributed by atoms with van der Waals surface area (Å²) in [5.74, 6) is 1.61. The lowest BCUT2D eigenvalue weighted by molar-refractivity contribution is -0.123. The Morgan fingerprint density at radius 3 is 2.64 bits per heavy atom. The van der Waals surface area contributed by atoms with Crippen LogP contribution in [0.15, 0.2) is 34.7 Å². The number of likely N-dealkylation sites (tertiary alicyclic amines) is 1. The molecule has 1 aliphatic heterocycles. The first-order valence-electron chi connectivity index (χ1n) is 10.3. The average molecular weight is 383 g/mol. The van der Waals surface area contributed by atoms with Gasteiger partial charge in [-0.15, -0.1) is 0 Å². The number of para-hydroxylation sites is 1. The van der Waals surface area contributed by atoms with E-state index in [9.17, 15) is 9.59 Å². The highest BCUT2D eigenvalue weighted by atomic mass is 16.3. The number of hydrogen-bond donors (Lipinski definition) is 2. The molecule has 2 fully saturated rings. The van der Waals surface area contributed by atoms with Crippen LogP contribution in [-0.2, 0) is 16.1 Å². The highest BCUT2D eigenvalue weighted by Crippen LogP contribution is 2.35. The van der Waals surface area contributed by atoms with Gasteiger partial charge in [-0.2, -0.15) is 0 Å². The first-order valence-corrected chi connectivity index (χ1v) is 10.3. The van der Waals surface area contributed by atoms with Crippen molar-refractivity contribution < 1.29 is 14.0 Å². The second kappa shape index (κ2) is 8.35. The van der Waals surface area contributed by atoms with Crippen LogP contribution < -0.4 is 10.6 Å². The minimum Gasteiger partial charge on any atom is -0.459 e. The standard InChI is InChI=1S/C22H29N3O3/c1-15(26)23-12-19-9-8-18(25(19)14-16-6-7-16)11-22(27)24-13-20-10-17-4-2-3-5-21(17)28-20/h2-5,10,16,18-19H,6-9,11-14H2,1H3,(H,23,26)(H,24,27)/t18-,19+/m0/s1. The van der Waals surface area contributed by atoms with Crippen molar-refractivity contribution in [2.45, 2.75) is 57.7 Å². The van der Waals surface area contributed by atoms with E-state index in [0.29, 0.717) is 25.6 Å². The number of hydrogen-bond acceptors (Lipinski definition) is 4. The highest BCUT2D eigenvalue weighted by Gasteiger charge is 2.37. The molecule has 2 N–H and O–H groups in total. The molecule has 0 spiro atoms. The van der Waals surface area contributed by atoms with Gasteiger partial charge >= 0.3 is 0 Å². The fraction of sp³-hybridized carbons (Fsp3) is 0.545. The highest BCUT2D eigenvalue weighted by molar-refractivity contribution is 5.79. The molecule has 2 aliphatic rings. The van der Waals surface area contributed by atoms with E-state index in [2.05, 4.69) is 15.5 Å². The van der Waals surface area contributed by atoms with Crippen LogP contribution in [0.25, 0.3) is 11.0 Å². The summed E-state index contributed by atoms with van der Waals surface area (Å²) in [6.45, 7) is 3.70. The molecule has 1 saturated carbocycles. The molecule has 6 heteroatoms. The van der Waals surface area contributed by atoms with Gasteiger partial charge in [-0.05, 0) is 43.7 Å². The lowest BCUT2D eigenvalue weighted by Gasteiger charge is -2.30. The van der Waals surface area contributed by atoms with Gasteiger partial charge in [0.25, 0.3) is 0 Å². The molecule has 1 saturated heterocycles. The summed E-state index contributed by atoms with van der Waals surface area (Å²) in [6.07, 6.45) is 5.12. The van der Waals surface area contributed by atoms with Crippen molar-refractivity contribution in [3.8, 4) is 0 Å². The van der Waals surface area contributed by atoms with Crippen LogP contribution in [0.3, 0.4) is 0 Å². The molecule has 28 heavy (non-hydrogen) atoms. The van der Waals surface area contributed by atoms with E-state index in [0.717, 1.165) is 42.0 Å². The molecular formula is C22H29N3O3. The van der Waals surface area contributed by atoms with Gasteiger partial charge in [-0.1, -0.05) is 18.2 Å². The topological polar surface area (TPSA) is 74.6 Å². The average Bonchev–Trinajstić information content (AvgIpc) is 3.27. The molecule has 0 radical (unpaired) electrons. The van der Waals surface area contributed by atoms with Crippen LogP contribution >= 0.6 is 0 Å². The molecule has 2 amide bonds. The first-order chi connectivity index (χ1) is 13.6. The predicted octanol–water partition coefficient (Wildman–Crippen LogP) is 2.82. The van der Waals surface area contributed by atoms with E-state index in [1.807, 2.05) is 30.3 Å². The molecule has 150 valence electrons. The summed E-state index contributed by atoms with van der Waals surface area (Å²) in [4.78, 5) is 26.3. The zero-order chi connectivity index (χ0) is 19.5. The molecule has 1 aromatic heterocycles. The van der Waals surface area contributed by atoms with Gasteiger partial charge in [0.05, 0.1) is 6.54 Å². The SMILES string of the molecule is CC(=O)NC[C@H]1CC[C@@H](CC(=O)NCc2cc3ccccc3o2)N1CC1CC1. The number of carbonyl (C=O) groups excluding carboxylic acids is 2. The van der Waals surface area contributed by atoms with E-state index in [4.69, 9.17) is 4.42 Å². The Labute approximate surface area is 165 Å². The molecule has 2 aromatic rings. The Morgan fingerprint density at radius 2 is 1.89 bits per heavy atom. The Kier molecular flexibility index (Phi) is 5.67. The molecule has 0 bridgehead atoms. The maximum atomic E-state index is 12.6. The van der Waals surface area contributed by atoms with Crippen LogP contribution in [-0.4, -0.2) is 41.9 Å². The molecule has 1 aromatic carbocycles. The van der Waals surface area contributed by atoms with Crippen LogP contribution in [0.1, 0.15) is 44.8 Å². The van der Waals surface area contributed by atoms with Gasteiger partial charge < -0.3 is 15.1 Å². The molecular weight excluding hydrogens is 354 g/mol. The number of amides is 2. The van der Waals surface area contributed by atoms with Crippen molar-refractivity contribution in [3.05, 3.63) is 36.1 Å². The maximum Gasteiger partial charge on any atom is 0.221 e. The minimum absolute atomic E-state index is 0.0124. The smallest absolute Gasteiger partial charge is 0.221 e. The molecule has 4 rings (SSSR count). The largest absolute Gasteiger partial charge is 0.459 e. The summed E-state index contributed by atoms with van der Waals surface area (Å²) in [5.41, 5.74) is 0.846. The van der Waals surface area contributed by atoms with Crippen molar-refractivity contribution in [2.24, 2.45) is 5.92 Å². The molecule has 1 aliphatic carbocycles. The molecule has 2 atom stereocenters. The molecule has 2 heterocycles. The van der Waals surface area contributed by atoms with Gasteiger partial charge in [0.2, 0.25) is 11.8 Å². The van der Waals surface area contributed by atoms with Crippen molar-refractivity contribution in [1.82, 2.24) is 15.5 Å². The van der Waals surface area contributed by atoms with Crippen molar-refractivity contribution in [2.75, 3.05) is 13.1 Å². The fourth-order valence-corrected chi connectivity index (χ4v) is 4.21. The van der Waals surface area contributed by atoms with E-state index < -0.39 is 0 Å². The van der Waals surface area contributed by atoms with Gasteiger partial charge in [-0.25, -0.2) is 0 Å². The number of fused-ring (bicyclic) bond motifs is 1. The first kappa shape index (κ1) is 19.0. The lowest BCUT2D eigenvalue weighted by Crippen LogP contribution is -2.45. The van der Waals surface area contributed by atoms with Gasteiger partial charge in [-0.3, -0.25) is 14.5 Å². The van der Waals surface area contributed by atoms with Crippen LogP contribution in [0, 0.1) is 5.92 Å². The van der Waals surface area contributed by atoms with Crippen LogP contribution in [0.4, 0.5) is 0 Å². The van der Waals surface area contributed by atoms with E-state index >= 15 is 0 Å². The van der Waals surface area contributed by atoms with Crippen molar-refractivity contribution in [3.63, 3.8) is 0 Å². The summed E-state index contributed by atoms with van der Waals surface area (Å²) >= 11 is 0. The Morgan fingerprint density at radius 1 is 1.11 bits per heavy atom. The molecule has 6 nitrogen and oxygen atoms in total. The summed E-state index contributed by atoms with van der Waals surface area (Å²) in [6, 6.07) is 10.4. The quantitative estimate of drug-likeness (QED) is 0.735. The Bertz CT molecular complexity index is 809. The second-order valence-electron chi connectivity index (χ2n) is 8.19. The number of rotatable bonds is 8. The monoisotopic (exact) mass is 383 g/mol. The van der Waals surface area contributed by atoms with Crippen molar-refractivity contribution >= 4 is 22.8 Å². The van der Waals surface area contributed by atoms with E-state index in [1.54, 1.807) is 6.92 Å². The Hall–Kier alpha value is -2.34. The lowest BCUT2D eigenvalue weighted by atomic mass is 10.1. The van der Waals surface area contributed by atoms with E-state index in [1.165, 1.54) is 12.8 Å². The number of nitrogens with zero attached hydrogens (tertiary/aromatic N) is 1. The number of nitrogens with one attached hydrogen (secondary N) is 2. The van der Waals surface area contributed by atoms with E-state index in [-0.39, 0.29) is 17.9 Å². The predicted molar refractivity (Wildman–Crippen MR) is 108 cm³/mol. The summed E-state index contributed by atoms with van der Waals surface area (Å²) in [5, 5.41) is 7.02. The fourth-order valence-electron chi connectivity index (χ4n) is 4.21. The zero-order valence-corrected chi connectivity index (χ0v) is 16.4.